The number of halogens is 2. The molecule has 2 atom stereocenters. The van der Waals surface area contributed by atoms with Gasteiger partial charge in [0.2, 0.25) is 0 Å². The molecule has 1 aromatic rings. The zero-order valence-corrected chi connectivity index (χ0v) is 10.2. The highest BCUT2D eigenvalue weighted by Gasteiger charge is 2.21. The quantitative estimate of drug-likeness (QED) is 0.888. The van der Waals surface area contributed by atoms with Crippen LogP contribution in [0.2, 0.25) is 0 Å². The number of benzene rings is 1. The van der Waals surface area contributed by atoms with Crippen molar-refractivity contribution in [1.29, 1.82) is 0 Å². The van der Waals surface area contributed by atoms with E-state index in [2.05, 4.69) is 15.9 Å². The third-order valence-electron chi connectivity index (χ3n) is 2.57. The van der Waals surface area contributed by atoms with Gasteiger partial charge in [-0.2, -0.15) is 0 Å². The molecule has 0 heterocycles. The Balaban J connectivity index is 2.99. The summed E-state index contributed by atoms with van der Waals surface area (Å²) in [7, 11) is 0. The number of hydrogen-bond acceptors (Lipinski definition) is 2. The van der Waals surface area contributed by atoms with Gasteiger partial charge in [-0.25, -0.2) is 4.39 Å². The van der Waals surface area contributed by atoms with Gasteiger partial charge in [0.05, 0.1) is 10.6 Å². The van der Waals surface area contributed by atoms with Crippen molar-refractivity contribution in [2.24, 2.45) is 11.7 Å². The molecular formula is C11H15BrFNO. The molecule has 2 nitrogen and oxygen atoms in total. The van der Waals surface area contributed by atoms with E-state index in [4.69, 9.17) is 5.73 Å². The van der Waals surface area contributed by atoms with Crippen LogP contribution in [0.5, 0.6) is 0 Å². The van der Waals surface area contributed by atoms with Crippen molar-refractivity contribution in [1.82, 2.24) is 0 Å². The first-order chi connectivity index (χ1) is 7.11. The molecule has 0 spiro atoms. The van der Waals surface area contributed by atoms with Crippen molar-refractivity contribution in [3.05, 3.63) is 34.1 Å². The maximum absolute atomic E-state index is 13.2. The van der Waals surface area contributed by atoms with Crippen LogP contribution in [-0.2, 0) is 0 Å². The zero-order chi connectivity index (χ0) is 11.4. The lowest BCUT2D eigenvalue weighted by atomic mass is 9.93. The normalized spacial score (nSPS) is 15.0. The first-order valence-electron chi connectivity index (χ1n) is 4.93. The van der Waals surface area contributed by atoms with E-state index in [9.17, 15) is 9.50 Å². The summed E-state index contributed by atoms with van der Waals surface area (Å²) in [5.74, 6) is -0.401. The second-order valence-corrected chi connectivity index (χ2v) is 4.28. The Hall–Kier alpha value is -0.450. The first-order valence-corrected chi connectivity index (χ1v) is 5.73. The summed E-state index contributed by atoms with van der Waals surface area (Å²) in [5.41, 5.74) is 6.10. The van der Waals surface area contributed by atoms with Gasteiger partial charge in [-0.1, -0.05) is 19.1 Å². The fourth-order valence-electron chi connectivity index (χ4n) is 1.52. The van der Waals surface area contributed by atoms with Crippen molar-refractivity contribution in [3.8, 4) is 0 Å². The average molecular weight is 276 g/mol. The summed E-state index contributed by atoms with van der Waals surface area (Å²) in [6.07, 6.45) is 0.0470. The molecule has 0 fully saturated rings. The third-order valence-corrected chi connectivity index (χ3v) is 3.41. The second kappa shape index (κ2) is 5.58. The van der Waals surface area contributed by atoms with Crippen molar-refractivity contribution >= 4 is 15.9 Å². The maximum atomic E-state index is 13.2. The van der Waals surface area contributed by atoms with Crippen LogP contribution in [-0.4, -0.2) is 11.7 Å². The van der Waals surface area contributed by atoms with Crippen molar-refractivity contribution in [2.75, 3.05) is 6.54 Å². The van der Waals surface area contributed by atoms with Crippen LogP contribution in [0.3, 0.4) is 0 Å². The van der Waals surface area contributed by atoms with Crippen LogP contribution in [0.4, 0.5) is 4.39 Å². The number of aliphatic hydroxyl groups is 1. The molecule has 1 aromatic carbocycles. The molecule has 0 aliphatic rings. The van der Waals surface area contributed by atoms with E-state index in [1.165, 1.54) is 6.07 Å². The van der Waals surface area contributed by atoms with Gasteiger partial charge in [-0.3, -0.25) is 0 Å². The number of rotatable bonds is 4. The minimum atomic E-state index is -0.718. The summed E-state index contributed by atoms with van der Waals surface area (Å²) in [6, 6.07) is 4.64. The maximum Gasteiger partial charge on any atom is 0.137 e. The predicted octanol–water partition coefficient (Wildman–Crippen LogP) is 2.61. The molecule has 15 heavy (non-hydrogen) atoms. The topological polar surface area (TPSA) is 46.2 Å². The SMILES string of the molecule is CCC(CN)C(O)c1cccc(F)c1Br. The van der Waals surface area contributed by atoms with Crippen LogP contribution in [0.1, 0.15) is 25.0 Å². The largest absolute Gasteiger partial charge is 0.388 e. The number of nitrogens with two attached hydrogens (primary N) is 1. The summed E-state index contributed by atoms with van der Waals surface area (Å²) in [5, 5.41) is 10.0. The van der Waals surface area contributed by atoms with Gasteiger partial charge in [0.15, 0.2) is 0 Å². The van der Waals surface area contributed by atoms with Gasteiger partial charge in [-0.15, -0.1) is 0 Å². The smallest absolute Gasteiger partial charge is 0.137 e. The van der Waals surface area contributed by atoms with Gasteiger partial charge in [0.1, 0.15) is 5.82 Å². The average Bonchev–Trinajstić information content (AvgIpc) is 2.23. The van der Waals surface area contributed by atoms with Crippen LogP contribution in [0.25, 0.3) is 0 Å². The van der Waals surface area contributed by atoms with Gasteiger partial charge >= 0.3 is 0 Å². The molecule has 3 N–H and O–H groups in total. The minimum Gasteiger partial charge on any atom is -0.388 e. The van der Waals surface area contributed by atoms with Crippen LogP contribution < -0.4 is 5.73 Å². The molecule has 0 bridgehead atoms. The Kier molecular flexibility index (Phi) is 4.70. The van der Waals surface area contributed by atoms with Gasteiger partial charge < -0.3 is 10.8 Å². The molecule has 0 radical (unpaired) electrons. The second-order valence-electron chi connectivity index (χ2n) is 3.49. The van der Waals surface area contributed by atoms with E-state index in [-0.39, 0.29) is 11.7 Å². The molecule has 0 saturated heterocycles. The van der Waals surface area contributed by atoms with Crippen LogP contribution in [0.15, 0.2) is 22.7 Å². The Labute approximate surface area is 97.4 Å². The summed E-state index contributed by atoms with van der Waals surface area (Å²) < 4.78 is 13.5. The number of aliphatic hydroxyl groups excluding tert-OH is 1. The summed E-state index contributed by atoms with van der Waals surface area (Å²) >= 11 is 3.13. The summed E-state index contributed by atoms with van der Waals surface area (Å²) in [6.45, 7) is 2.34. The lowest BCUT2D eigenvalue weighted by Crippen LogP contribution is -2.21. The molecule has 4 heteroatoms. The highest BCUT2D eigenvalue weighted by Crippen LogP contribution is 2.31. The Morgan fingerprint density at radius 1 is 1.53 bits per heavy atom. The van der Waals surface area contributed by atoms with Crippen LogP contribution >= 0.6 is 15.9 Å². The highest BCUT2D eigenvalue weighted by molar-refractivity contribution is 9.10. The first kappa shape index (κ1) is 12.6. The van der Waals surface area contributed by atoms with E-state index >= 15 is 0 Å². The van der Waals surface area contributed by atoms with Crippen molar-refractivity contribution in [2.45, 2.75) is 19.4 Å². The molecule has 0 aliphatic carbocycles. The van der Waals surface area contributed by atoms with E-state index in [0.29, 0.717) is 16.6 Å². The fraction of sp³-hybridized carbons (Fsp3) is 0.455. The molecule has 0 amide bonds. The molecule has 0 saturated carbocycles. The lowest BCUT2D eigenvalue weighted by molar-refractivity contribution is 0.109. The Morgan fingerprint density at radius 2 is 2.20 bits per heavy atom. The van der Waals surface area contributed by atoms with Crippen molar-refractivity contribution in [3.63, 3.8) is 0 Å². The molecule has 84 valence electrons. The molecular weight excluding hydrogens is 261 g/mol. The minimum absolute atomic E-state index is 0.0388. The van der Waals surface area contributed by atoms with E-state index in [1.807, 2.05) is 6.92 Å². The van der Waals surface area contributed by atoms with Crippen LogP contribution in [0, 0.1) is 11.7 Å². The molecule has 2 unspecified atom stereocenters. The van der Waals surface area contributed by atoms with E-state index < -0.39 is 6.10 Å². The fourth-order valence-corrected chi connectivity index (χ4v) is 2.02. The highest BCUT2D eigenvalue weighted by atomic mass is 79.9. The van der Waals surface area contributed by atoms with Gasteiger partial charge in [0, 0.05) is 5.92 Å². The van der Waals surface area contributed by atoms with Crippen molar-refractivity contribution < 1.29 is 9.50 Å². The number of hydrogen-bond donors (Lipinski definition) is 2. The van der Waals surface area contributed by atoms with E-state index in [1.54, 1.807) is 12.1 Å². The lowest BCUT2D eigenvalue weighted by Gasteiger charge is -2.21. The Bertz CT molecular complexity index is 328. The molecule has 0 aliphatic heterocycles. The monoisotopic (exact) mass is 275 g/mol. The standard InChI is InChI=1S/C11H15BrFNO/c1-2-7(6-14)11(15)8-4-3-5-9(13)10(8)12/h3-5,7,11,15H,2,6,14H2,1H3. The molecule has 0 aromatic heterocycles. The predicted molar refractivity (Wildman–Crippen MR) is 61.9 cm³/mol. The van der Waals surface area contributed by atoms with E-state index in [0.717, 1.165) is 6.42 Å². The third kappa shape index (κ3) is 2.77. The zero-order valence-electron chi connectivity index (χ0n) is 8.58. The van der Waals surface area contributed by atoms with Gasteiger partial charge in [-0.05, 0) is 40.5 Å². The van der Waals surface area contributed by atoms with Gasteiger partial charge in [0.25, 0.3) is 0 Å². The Morgan fingerprint density at radius 3 is 2.73 bits per heavy atom. The molecule has 1 rings (SSSR count). The summed E-state index contributed by atoms with van der Waals surface area (Å²) in [4.78, 5) is 0.